The molecule has 0 aliphatic rings. The van der Waals surface area contributed by atoms with Gasteiger partial charge in [-0.3, -0.25) is 4.79 Å². The molecule has 1 unspecified atom stereocenters. The third-order valence-electron chi connectivity index (χ3n) is 3.58. The number of ether oxygens (including phenoxy) is 2. The summed E-state index contributed by atoms with van der Waals surface area (Å²) in [6, 6.07) is 5.61. The third kappa shape index (κ3) is 6.42. The molecular formula is C18H27NO5S. The lowest BCUT2D eigenvalue weighted by Gasteiger charge is -2.14. The Morgan fingerprint density at radius 3 is 2.48 bits per heavy atom. The Hall–Kier alpha value is -2.02. The fourth-order valence-corrected chi connectivity index (χ4v) is 3.22. The predicted octanol–water partition coefficient (Wildman–Crippen LogP) is 2.13. The summed E-state index contributed by atoms with van der Waals surface area (Å²) in [5.74, 6) is 0.632. The van der Waals surface area contributed by atoms with Crippen LogP contribution in [0.15, 0.2) is 30.9 Å². The number of hydrogen-bond acceptors (Lipinski definition) is 5. The maximum absolute atomic E-state index is 12.0. The molecule has 0 aliphatic heterocycles. The molecule has 0 heterocycles. The largest absolute Gasteiger partial charge is 0.490 e. The van der Waals surface area contributed by atoms with Crippen LogP contribution < -0.4 is 14.8 Å². The molecule has 1 atom stereocenters. The van der Waals surface area contributed by atoms with Crippen LogP contribution in [0.1, 0.15) is 26.3 Å². The van der Waals surface area contributed by atoms with Gasteiger partial charge < -0.3 is 14.8 Å². The molecule has 140 valence electrons. The van der Waals surface area contributed by atoms with Crippen LogP contribution in [-0.4, -0.2) is 45.1 Å². The molecule has 0 bridgehead atoms. The highest BCUT2D eigenvalue weighted by atomic mass is 32.2. The highest BCUT2D eigenvalue weighted by Gasteiger charge is 2.26. The molecule has 0 saturated heterocycles. The van der Waals surface area contributed by atoms with E-state index in [1.165, 1.54) is 13.0 Å². The van der Waals surface area contributed by atoms with Crippen molar-refractivity contribution in [1.82, 2.24) is 5.32 Å². The predicted molar refractivity (Wildman–Crippen MR) is 98.9 cm³/mol. The SMILES string of the molecule is C=CCS(=O)(=O)C(C)C(=O)NCCc1ccc(OCC)c(OCC)c1. The average Bonchev–Trinajstić information content (AvgIpc) is 2.56. The zero-order valence-electron chi connectivity index (χ0n) is 15.1. The second kappa shape index (κ2) is 10.1. The molecule has 0 saturated carbocycles. The number of hydrogen-bond donors (Lipinski definition) is 1. The first-order chi connectivity index (χ1) is 11.9. The molecule has 6 nitrogen and oxygen atoms in total. The van der Waals surface area contributed by atoms with Gasteiger partial charge >= 0.3 is 0 Å². The number of carbonyl (C=O) groups excluding carboxylic acids is 1. The Kier molecular flexibility index (Phi) is 8.48. The van der Waals surface area contributed by atoms with Gasteiger partial charge in [0.2, 0.25) is 5.91 Å². The van der Waals surface area contributed by atoms with Gasteiger partial charge in [0.15, 0.2) is 21.3 Å². The number of sulfone groups is 1. The Morgan fingerprint density at radius 1 is 1.24 bits per heavy atom. The lowest BCUT2D eigenvalue weighted by atomic mass is 10.1. The molecule has 0 aliphatic carbocycles. The van der Waals surface area contributed by atoms with Gasteiger partial charge in [-0.25, -0.2) is 8.42 Å². The fraction of sp³-hybridized carbons (Fsp3) is 0.500. The van der Waals surface area contributed by atoms with Crippen molar-refractivity contribution in [3.05, 3.63) is 36.4 Å². The van der Waals surface area contributed by atoms with Crippen molar-refractivity contribution >= 4 is 15.7 Å². The second-order valence-electron chi connectivity index (χ2n) is 5.45. The number of rotatable bonds is 11. The van der Waals surface area contributed by atoms with E-state index in [-0.39, 0.29) is 5.75 Å². The summed E-state index contributed by atoms with van der Waals surface area (Å²) in [4.78, 5) is 12.0. The van der Waals surface area contributed by atoms with Gasteiger partial charge in [0.05, 0.1) is 19.0 Å². The Morgan fingerprint density at radius 2 is 1.88 bits per heavy atom. The maximum Gasteiger partial charge on any atom is 0.238 e. The van der Waals surface area contributed by atoms with Gasteiger partial charge in [0.25, 0.3) is 0 Å². The van der Waals surface area contributed by atoms with E-state index in [0.29, 0.717) is 37.7 Å². The Labute approximate surface area is 150 Å². The lowest BCUT2D eigenvalue weighted by Crippen LogP contribution is -2.39. The summed E-state index contributed by atoms with van der Waals surface area (Å²) in [5.41, 5.74) is 0.966. The quantitative estimate of drug-likeness (QED) is 0.604. The van der Waals surface area contributed by atoms with Crippen molar-refractivity contribution < 1.29 is 22.7 Å². The van der Waals surface area contributed by atoms with Crippen LogP contribution in [0, 0.1) is 0 Å². The van der Waals surface area contributed by atoms with E-state index in [2.05, 4.69) is 11.9 Å². The normalized spacial score (nSPS) is 12.3. The molecule has 1 N–H and O–H groups in total. The highest BCUT2D eigenvalue weighted by molar-refractivity contribution is 7.92. The molecule has 7 heteroatoms. The van der Waals surface area contributed by atoms with Gasteiger partial charge in [0.1, 0.15) is 5.25 Å². The van der Waals surface area contributed by atoms with E-state index in [1.54, 1.807) is 0 Å². The van der Waals surface area contributed by atoms with E-state index in [1.807, 2.05) is 32.0 Å². The molecule has 0 spiro atoms. The van der Waals surface area contributed by atoms with Crippen molar-refractivity contribution in [2.45, 2.75) is 32.4 Å². The van der Waals surface area contributed by atoms with Crippen LogP contribution in [-0.2, 0) is 21.1 Å². The van der Waals surface area contributed by atoms with Crippen LogP contribution in [0.3, 0.4) is 0 Å². The molecule has 1 amide bonds. The fourth-order valence-electron chi connectivity index (χ4n) is 2.20. The first kappa shape index (κ1) is 21.0. The van der Waals surface area contributed by atoms with Gasteiger partial charge in [-0.2, -0.15) is 0 Å². The van der Waals surface area contributed by atoms with E-state index < -0.39 is 21.0 Å². The molecule has 25 heavy (non-hydrogen) atoms. The Bertz CT molecular complexity index is 685. The molecule has 1 aromatic rings. The first-order valence-electron chi connectivity index (χ1n) is 8.34. The minimum Gasteiger partial charge on any atom is -0.490 e. The standard InChI is InChI=1S/C18H27NO5S/c1-5-12-25(21,22)14(4)18(20)19-11-10-15-8-9-16(23-6-2)17(13-15)24-7-3/h5,8-9,13-14H,1,6-7,10-12H2,2-4H3,(H,19,20). The summed E-state index contributed by atoms with van der Waals surface area (Å²) >= 11 is 0. The van der Waals surface area contributed by atoms with E-state index >= 15 is 0 Å². The Balaban J connectivity index is 2.65. The molecule has 0 aromatic heterocycles. The van der Waals surface area contributed by atoms with Crippen molar-refractivity contribution in [2.24, 2.45) is 0 Å². The second-order valence-corrected chi connectivity index (χ2v) is 7.81. The van der Waals surface area contributed by atoms with Crippen LogP contribution in [0.25, 0.3) is 0 Å². The van der Waals surface area contributed by atoms with Crippen LogP contribution in [0.2, 0.25) is 0 Å². The first-order valence-corrected chi connectivity index (χ1v) is 10.1. The molecule has 0 radical (unpaired) electrons. The van der Waals surface area contributed by atoms with E-state index in [4.69, 9.17) is 9.47 Å². The summed E-state index contributed by atoms with van der Waals surface area (Å²) in [6.45, 7) is 10.0. The van der Waals surface area contributed by atoms with Gasteiger partial charge in [-0.05, 0) is 44.9 Å². The van der Waals surface area contributed by atoms with Crippen molar-refractivity contribution in [3.8, 4) is 11.5 Å². The number of amides is 1. The highest BCUT2D eigenvalue weighted by Crippen LogP contribution is 2.28. The third-order valence-corrected chi connectivity index (χ3v) is 5.57. The minimum absolute atomic E-state index is 0.210. The molecular weight excluding hydrogens is 342 g/mol. The number of carbonyl (C=O) groups is 1. The summed E-state index contributed by atoms with van der Waals surface area (Å²) < 4.78 is 34.8. The van der Waals surface area contributed by atoms with Gasteiger partial charge in [-0.1, -0.05) is 12.1 Å². The number of nitrogens with one attached hydrogen (secondary N) is 1. The van der Waals surface area contributed by atoms with Gasteiger partial charge in [0, 0.05) is 6.54 Å². The van der Waals surface area contributed by atoms with Crippen LogP contribution >= 0.6 is 0 Å². The van der Waals surface area contributed by atoms with E-state index in [9.17, 15) is 13.2 Å². The van der Waals surface area contributed by atoms with Crippen LogP contribution in [0.5, 0.6) is 11.5 Å². The average molecular weight is 369 g/mol. The van der Waals surface area contributed by atoms with Crippen molar-refractivity contribution in [3.63, 3.8) is 0 Å². The smallest absolute Gasteiger partial charge is 0.238 e. The monoisotopic (exact) mass is 369 g/mol. The van der Waals surface area contributed by atoms with Crippen molar-refractivity contribution in [2.75, 3.05) is 25.5 Å². The zero-order chi connectivity index (χ0) is 18.9. The topological polar surface area (TPSA) is 81.7 Å². The zero-order valence-corrected chi connectivity index (χ0v) is 15.9. The minimum atomic E-state index is -3.50. The summed E-state index contributed by atoms with van der Waals surface area (Å²) in [5, 5.41) is 1.57. The molecule has 1 rings (SSSR count). The van der Waals surface area contributed by atoms with Crippen molar-refractivity contribution in [1.29, 1.82) is 0 Å². The lowest BCUT2D eigenvalue weighted by molar-refractivity contribution is -0.120. The maximum atomic E-state index is 12.0. The molecule has 1 aromatic carbocycles. The summed E-state index contributed by atoms with van der Waals surface area (Å²) in [7, 11) is -3.50. The van der Waals surface area contributed by atoms with E-state index in [0.717, 1.165) is 5.56 Å². The number of benzene rings is 1. The molecule has 0 fully saturated rings. The van der Waals surface area contributed by atoms with Gasteiger partial charge in [-0.15, -0.1) is 6.58 Å². The summed E-state index contributed by atoms with van der Waals surface area (Å²) in [6.07, 6.45) is 1.85. The van der Waals surface area contributed by atoms with Crippen LogP contribution in [0.4, 0.5) is 0 Å².